The molecule has 2 fully saturated rings. The minimum absolute atomic E-state index is 0.0171. The molecule has 1 aliphatic carbocycles. The summed E-state index contributed by atoms with van der Waals surface area (Å²) >= 11 is 1.45. The van der Waals surface area contributed by atoms with Crippen molar-refractivity contribution in [3.63, 3.8) is 0 Å². The van der Waals surface area contributed by atoms with Crippen LogP contribution in [0, 0.1) is 0 Å². The van der Waals surface area contributed by atoms with Gasteiger partial charge in [-0.2, -0.15) is 0 Å². The molecule has 16 nitrogen and oxygen atoms in total. The lowest BCUT2D eigenvalue weighted by Crippen LogP contribution is -2.56. The minimum atomic E-state index is -3.69. The molecule has 6 rings (SSSR count). The number of ether oxygens (including phenoxy) is 3. The molecule has 3 aromatic rings. The van der Waals surface area contributed by atoms with E-state index in [1.807, 2.05) is 37.4 Å². The van der Waals surface area contributed by atoms with Crippen molar-refractivity contribution < 1.29 is 46.9 Å². The number of amides is 3. The van der Waals surface area contributed by atoms with Crippen molar-refractivity contribution in [2.24, 2.45) is 0 Å². The summed E-state index contributed by atoms with van der Waals surface area (Å²) in [7, 11) is -2.12. The Morgan fingerprint density at radius 3 is 2.44 bits per heavy atom. The highest BCUT2D eigenvalue weighted by Crippen LogP contribution is 2.38. The zero-order valence-electron chi connectivity index (χ0n) is 37.8. The number of anilines is 1. The van der Waals surface area contributed by atoms with E-state index in [0.29, 0.717) is 72.3 Å². The summed E-state index contributed by atoms with van der Waals surface area (Å²) in [5.74, 6) is -1.73. The van der Waals surface area contributed by atoms with Gasteiger partial charge in [0.1, 0.15) is 47.0 Å². The second kappa shape index (κ2) is 20.9. The van der Waals surface area contributed by atoms with E-state index in [2.05, 4.69) is 16.0 Å². The summed E-state index contributed by atoms with van der Waals surface area (Å²) < 4.78 is 44.3. The van der Waals surface area contributed by atoms with Gasteiger partial charge in [-0.3, -0.25) is 9.59 Å². The fourth-order valence-electron chi connectivity index (χ4n) is 8.46. The molecule has 0 spiro atoms. The molecule has 4 heterocycles. The van der Waals surface area contributed by atoms with Crippen LogP contribution >= 0.6 is 11.3 Å². The predicted octanol–water partition coefficient (Wildman–Crippen LogP) is 7.42. The topological polar surface area (TPSA) is 215 Å². The number of nitrogens with one attached hydrogen (secondary N) is 3. The van der Waals surface area contributed by atoms with E-state index < -0.39 is 68.3 Å². The van der Waals surface area contributed by atoms with Crippen molar-refractivity contribution >= 4 is 61.1 Å². The van der Waals surface area contributed by atoms with E-state index in [4.69, 9.17) is 24.2 Å². The molecular weight excluding hydrogens is 861 g/mol. The molecule has 1 aromatic carbocycles. The molecule has 2 aliphatic heterocycles. The number of pyridine rings is 1. The minimum Gasteiger partial charge on any atom is -0.497 e. The number of aromatic nitrogens is 2. The van der Waals surface area contributed by atoms with Gasteiger partial charge in [0.05, 0.1) is 35.4 Å². The molecular formula is C46H64N6O10S2. The molecule has 0 radical (unpaired) electrons. The third-order valence-corrected chi connectivity index (χ3v) is 15.7. The number of allylic oxidation sites excluding steroid dienone is 2. The van der Waals surface area contributed by atoms with E-state index in [1.165, 1.54) is 16.2 Å². The molecule has 1 saturated carbocycles. The number of carbonyl (C=O) groups excluding carboxylic acids is 3. The third-order valence-electron chi connectivity index (χ3n) is 12.1. The molecule has 1 saturated heterocycles. The predicted molar refractivity (Wildman–Crippen MR) is 246 cm³/mol. The first kappa shape index (κ1) is 48.5. The third kappa shape index (κ3) is 12.2. The first-order chi connectivity index (χ1) is 30.4. The quantitative estimate of drug-likeness (QED) is 0.138. The highest BCUT2D eigenvalue weighted by atomic mass is 32.2. The normalized spacial score (nSPS) is 23.2. The van der Waals surface area contributed by atoms with Crippen LogP contribution in [0.1, 0.15) is 118 Å². The lowest BCUT2D eigenvalue weighted by Gasteiger charge is -2.38. The number of rotatable bonds is 11. The Hall–Kier alpha value is -4.97. The van der Waals surface area contributed by atoms with Gasteiger partial charge in [0, 0.05) is 35.4 Å². The number of alkyl carbamates (subject to hydrolysis) is 1. The van der Waals surface area contributed by atoms with Crippen LogP contribution in [0.3, 0.4) is 0 Å². The fourth-order valence-corrected chi connectivity index (χ4v) is 10.8. The van der Waals surface area contributed by atoms with Crippen LogP contribution in [0.2, 0.25) is 0 Å². The first-order valence-corrected chi connectivity index (χ1v) is 25.0. The number of benzene rings is 1. The Labute approximate surface area is 380 Å². The zero-order chi connectivity index (χ0) is 46.2. The van der Waals surface area contributed by atoms with Gasteiger partial charge in [-0.1, -0.05) is 31.4 Å². The summed E-state index contributed by atoms with van der Waals surface area (Å²) in [6, 6.07) is 3.84. The van der Waals surface area contributed by atoms with Gasteiger partial charge >= 0.3 is 12.1 Å². The molecule has 64 heavy (non-hydrogen) atoms. The van der Waals surface area contributed by atoms with E-state index >= 15 is 0 Å². The second-order valence-electron chi connectivity index (χ2n) is 18.5. The van der Waals surface area contributed by atoms with Crippen LogP contribution in [-0.2, 0) is 29.0 Å². The van der Waals surface area contributed by atoms with Crippen molar-refractivity contribution in [2.75, 3.05) is 24.7 Å². The van der Waals surface area contributed by atoms with Gasteiger partial charge in [0.25, 0.3) is 0 Å². The zero-order valence-corrected chi connectivity index (χ0v) is 39.4. The summed E-state index contributed by atoms with van der Waals surface area (Å²) in [6.07, 6.45) is 8.96. The van der Waals surface area contributed by atoms with Crippen molar-refractivity contribution in [3.05, 3.63) is 41.8 Å². The van der Waals surface area contributed by atoms with Crippen LogP contribution in [0.15, 0.2) is 41.8 Å². The van der Waals surface area contributed by atoms with Gasteiger partial charge in [-0.25, -0.2) is 28.0 Å². The number of carboxylic acid groups (broad SMARTS) is 1. The number of hydrogen-bond donors (Lipinski definition) is 4. The Morgan fingerprint density at radius 1 is 1.00 bits per heavy atom. The van der Waals surface area contributed by atoms with Crippen molar-refractivity contribution in [3.8, 4) is 22.9 Å². The molecule has 0 bridgehead atoms. The van der Waals surface area contributed by atoms with Crippen molar-refractivity contribution in [1.82, 2.24) is 25.5 Å². The Balaban J connectivity index is 1.33. The Morgan fingerprint density at radius 2 is 1.73 bits per heavy atom. The van der Waals surface area contributed by atoms with Crippen LogP contribution < -0.4 is 25.4 Å². The molecule has 3 aliphatic rings. The maximum atomic E-state index is 14.9. The SMILES string of the molecule is COc1ccc2c(O[C@@H]3C[C@H]4C(=O)N[C@H](C(=O)O)CC/C=C\CCCCC[C@H](NC(=O)OC5(CS(=O)(=O)C(C)(C)C)CCCCC5)C(=O)N4C3)cc(-c3csc(NC(C)C)n3)nc2c1. The number of carbonyl (C=O) groups is 4. The van der Waals surface area contributed by atoms with Gasteiger partial charge in [0.2, 0.25) is 11.8 Å². The van der Waals surface area contributed by atoms with Crippen molar-refractivity contribution in [1.29, 1.82) is 0 Å². The summed E-state index contributed by atoms with van der Waals surface area (Å²) in [6.45, 7) is 8.86. The number of thiazole rings is 1. The second-order valence-corrected chi connectivity index (χ2v) is 22.1. The van der Waals surface area contributed by atoms with E-state index in [-0.39, 0.29) is 37.6 Å². The Kier molecular flexibility index (Phi) is 15.8. The maximum Gasteiger partial charge on any atom is 0.408 e. The van der Waals surface area contributed by atoms with Gasteiger partial charge in [-0.15, -0.1) is 11.3 Å². The highest BCUT2D eigenvalue weighted by Gasteiger charge is 2.47. The number of methoxy groups -OCH3 is 1. The molecule has 4 N–H and O–H groups in total. The number of sulfone groups is 1. The van der Waals surface area contributed by atoms with Crippen LogP contribution in [-0.4, -0.2) is 112 Å². The first-order valence-electron chi connectivity index (χ1n) is 22.5. The van der Waals surface area contributed by atoms with Crippen LogP contribution in [0.4, 0.5) is 9.93 Å². The number of carboxylic acids is 1. The molecule has 4 atom stereocenters. The molecule has 2 aromatic heterocycles. The highest BCUT2D eigenvalue weighted by molar-refractivity contribution is 7.92. The standard InChI is InChI=1S/C46H64N6O10S2/c1-29(2)47-43-50-37(27-63-43)36-25-39(32-20-19-30(60-6)23-35(32)48-36)61-31-24-38-40(53)49-34(42(55)56)18-14-11-9-7-8-10-13-17-33(41(54)52(38)26-31)51-44(57)62-46(21-15-12-16-22-46)28-64(58,59)45(3,4)5/h9,11,19-20,23,25,27,29,31,33-34,38H,7-8,10,12-18,21-22,24,26,28H2,1-6H3,(H,47,50)(H,49,53)(H,51,57)(H,55,56)/b11-9-/t31-,33+,34+,38+/m1/s1. The lowest BCUT2D eigenvalue weighted by molar-refractivity contribution is -0.144. The monoisotopic (exact) mass is 924 g/mol. The number of hydrogen-bond acceptors (Lipinski definition) is 13. The molecule has 350 valence electrons. The van der Waals surface area contributed by atoms with Gasteiger partial charge < -0.3 is 40.2 Å². The molecule has 3 amide bonds. The van der Waals surface area contributed by atoms with Gasteiger partial charge in [0.15, 0.2) is 15.0 Å². The van der Waals surface area contributed by atoms with Gasteiger partial charge in [-0.05, 0) is 105 Å². The molecule has 18 heteroatoms. The smallest absolute Gasteiger partial charge is 0.408 e. The van der Waals surface area contributed by atoms with Crippen molar-refractivity contribution in [2.45, 2.75) is 159 Å². The maximum absolute atomic E-state index is 14.9. The summed E-state index contributed by atoms with van der Waals surface area (Å²) in [5.41, 5.74) is 0.467. The summed E-state index contributed by atoms with van der Waals surface area (Å²) in [5, 5.41) is 22.2. The van der Waals surface area contributed by atoms with Crippen LogP contribution in [0.25, 0.3) is 22.3 Å². The van der Waals surface area contributed by atoms with E-state index in [9.17, 15) is 32.7 Å². The fraction of sp³-hybridized carbons (Fsp3) is 0.609. The number of nitrogens with zero attached hydrogens (tertiary/aromatic N) is 3. The number of fused-ring (bicyclic) bond motifs is 2. The average molecular weight is 925 g/mol. The van der Waals surface area contributed by atoms with E-state index in [0.717, 1.165) is 30.8 Å². The average Bonchev–Trinajstić information content (AvgIpc) is 3.88. The Bertz CT molecular complexity index is 2280. The number of aliphatic carboxylic acids is 1. The van der Waals surface area contributed by atoms with E-state index in [1.54, 1.807) is 46.1 Å². The largest absolute Gasteiger partial charge is 0.497 e. The summed E-state index contributed by atoms with van der Waals surface area (Å²) in [4.78, 5) is 66.6. The van der Waals surface area contributed by atoms with Crippen LogP contribution in [0.5, 0.6) is 11.5 Å². The lowest BCUT2D eigenvalue weighted by atomic mass is 9.86. The molecule has 0 unspecified atom stereocenters.